The Morgan fingerprint density at radius 1 is 0.329 bits per heavy atom. The van der Waals surface area contributed by atoms with Gasteiger partial charge in [0.05, 0.1) is 45.3 Å². The number of nitrogens with zero attached hydrogens (tertiary/aromatic N) is 5. The summed E-state index contributed by atoms with van der Waals surface area (Å²) in [6, 6.07) is 97.3. The molecule has 6 heteroatoms. The van der Waals surface area contributed by atoms with Gasteiger partial charge in [0.25, 0.3) is 0 Å². The first-order chi connectivity index (χ1) is 39.1. The molecule has 0 aliphatic carbocycles. The van der Waals surface area contributed by atoms with Crippen molar-refractivity contribution in [2.45, 2.75) is 6.54 Å². The lowest BCUT2D eigenvalue weighted by Crippen LogP contribution is -2.26. The fourth-order valence-corrected chi connectivity index (χ4v) is 12.9. The predicted molar refractivity (Wildman–Crippen MR) is 333 cm³/mol. The molecule has 0 radical (unpaired) electrons. The molecule has 0 spiro atoms. The quantitative estimate of drug-likeness (QED) is 0.125. The minimum atomic E-state index is 0.625. The van der Waals surface area contributed by atoms with Crippen LogP contribution >= 0.6 is 0 Å². The highest BCUT2D eigenvalue weighted by molar-refractivity contribution is 6.17. The van der Waals surface area contributed by atoms with Crippen LogP contribution in [0.4, 0.5) is 5.69 Å². The number of benzene rings is 12. The molecule has 0 atom stereocenters. The molecule has 16 aromatic rings. The van der Waals surface area contributed by atoms with Gasteiger partial charge in [0.2, 0.25) is 5.96 Å². The third kappa shape index (κ3) is 7.01. The second-order valence-electron chi connectivity index (χ2n) is 20.7. The molecule has 16 rings (SSSR count). The first-order valence-corrected chi connectivity index (χ1v) is 27.1. The lowest BCUT2D eigenvalue weighted by atomic mass is 10.0. The van der Waals surface area contributed by atoms with Crippen LogP contribution < -0.4 is 5.32 Å². The molecule has 0 amide bonds. The lowest BCUT2D eigenvalue weighted by Gasteiger charge is -2.16. The van der Waals surface area contributed by atoms with Crippen molar-refractivity contribution in [3.8, 4) is 33.6 Å². The Hall–Kier alpha value is -10.4. The van der Waals surface area contributed by atoms with E-state index < -0.39 is 0 Å². The van der Waals surface area contributed by atoms with Gasteiger partial charge in [-0.05, 0) is 130 Å². The van der Waals surface area contributed by atoms with Gasteiger partial charge in [-0.25, -0.2) is 4.99 Å². The van der Waals surface area contributed by atoms with E-state index in [4.69, 9.17) is 4.99 Å². The molecule has 4 heterocycles. The highest BCUT2D eigenvalue weighted by Crippen LogP contribution is 2.41. The number of aromatic nitrogens is 4. The van der Waals surface area contributed by atoms with Crippen molar-refractivity contribution in [2.24, 2.45) is 4.99 Å². The van der Waals surface area contributed by atoms with Crippen molar-refractivity contribution >= 4 is 110 Å². The van der Waals surface area contributed by atoms with E-state index in [9.17, 15) is 0 Å². The Morgan fingerprint density at radius 3 is 1.24 bits per heavy atom. The maximum Gasteiger partial charge on any atom is 0.208 e. The van der Waals surface area contributed by atoms with Crippen LogP contribution in [0.1, 0.15) is 5.56 Å². The molecule has 1 N–H and O–H groups in total. The molecule has 12 aromatic carbocycles. The predicted octanol–water partition coefficient (Wildman–Crippen LogP) is 18.4. The number of aliphatic imine (C=N–C) groups is 1. The van der Waals surface area contributed by atoms with E-state index in [1.807, 2.05) is 7.05 Å². The summed E-state index contributed by atoms with van der Waals surface area (Å²) in [5.74, 6) is 0.752. The van der Waals surface area contributed by atoms with E-state index in [2.05, 4.69) is 291 Å². The van der Waals surface area contributed by atoms with Gasteiger partial charge >= 0.3 is 0 Å². The number of rotatable bonds is 7. The van der Waals surface area contributed by atoms with E-state index in [-0.39, 0.29) is 0 Å². The average molecular weight is 1010 g/mol. The summed E-state index contributed by atoms with van der Waals surface area (Å²) in [6.45, 7) is 0.625. The number of nitrogens with one attached hydrogen (secondary N) is 1. The third-order valence-electron chi connectivity index (χ3n) is 16.5. The monoisotopic (exact) mass is 1010 g/mol. The summed E-state index contributed by atoms with van der Waals surface area (Å²) in [6.07, 6.45) is 0. The molecule has 79 heavy (non-hydrogen) atoms. The van der Waals surface area contributed by atoms with E-state index in [0.29, 0.717) is 6.54 Å². The summed E-state index contributed by atoms with van der Waals surface area (Å²) < 4.78 is 9.53. The van der Waals surface area contributed by atoms with Crippen LogP contribution in [0.5, 0.6) is 0 Å². The highest BCUT2D eigenvalue weighted by atomic mass is 15.2. The lowest BCUT2D eigenvalue weighted by molar-refractivity contribution is 0.870. The van der Waals surface area contributed by atoms with Crippen molar-refractivity contribution in [3.05, 3.63) is 272 Å². The summed E-state index contributed by atoms with van der Waals surface area (Å²) in [7, 11) is 1.99. The van der Waals surface area contributed by atoms with Crippen LogP contribution in [-0.2, 0) is 6.54 Å². The van der Waals surface area contributed by atoms with Gasteiger partial charge in [-0.3, -0.25) is 4.57 Å². The second kappa shape index (κ2) is 17.8. The van der Waals surface area contributed by atoms with Crippen molar-refractivity contribution in [2.75, 3.05) is 7.05 Å². The van der Waals surface area contributed by atoms with E-state index in [1.165, 1.54) is 98.4 Å². The number of hydrogen-bond donors (Lipinski definition) is 1. The van der Waals surface area contributed by atoms with Gasteiger partial charge in [0, 0.05) is 77.9 Å². The summed E-state index contributed by atoms with van der Waals surface area (Å²) in [4.78, 5) is 5.73. The molecule has 0 bridgehead atoms. The Kier molecular flexibility index (Phi) is 10.1. The molecule has 6 nitrogen and oxygen atoms in total. The van der Waals surface area contributed by atoms with Crippen molar-refractivity contribution in [1.82, 2.24) is 23.6 Å². The molecular weight excluding hydrogens is 961 g/mol. The summed E-state index contributed by atoms with van der Waals surface area (Å²) in [5.41, 5.74) is 18.5. The van der Waals surface area contributed by atoms with E-state index >= 15 is 0 Å². The van der Waals surface area contributed by atoms with Gasteiger partial charge in [-0.2, -0.15) is 0 Å². The van der Waals surface area contributed by atoms with Gasteiger partial charge < -0.3 is 19.0 Å². The van der Waals surface area contributed by atoms with Crippen molar-refractivity contribution in [3.63, 3.8) is 0 Å². The fraction of sp³-hybridized carbons (Fsp3) is 0.0274. The Labute approximate surface area is 455 Å². The SMILES string of the molecule is CNC(=Nc1c(Cn2c3ccccc3c3cc(-c4ccc5c(c4)c4ccccc4n5-c4ccccc4)ccc32)ccc2ccccc12)n1c2ccccc2c2cc(-c3ccc4c(c3)c3ccccc3n4-c3ccccc3)ccc21. The Balaban J connectivity index is 0.810. The molecule has 0 fully saturated rings. The zero-order chi connectivity index (χ0) is 52.1. The first kappa shape index (κ1) is 44.8. The van der Waals surface area contributed by atoms with Gasteiger partial charge in [0.15, 0.2) is 0 Å². The zero-order valence-electron chi connectivity index (χ0n) is 43.3. The smallest absolute Gasteiger partial charge is 0.208 e. The van der Waals surface area contributed by atoms with Crippen LogP contribution in [0.3, 0.4) is 0 Å². The maximum absolute atomic E-state index is 5.73. The number of fused-ring (bicyclic) bond motifs is 13. The van der Waals surface area contributed by atoms with E-state index in [1.54, 1.807) is 0 Å². The first-order valence-electron chi connectivity index (χ1n) is 27.1. The van der Waals surface area contributed by atoms with Crippen LogP contribution in [0.25, 0.3) is 132 Å². The maximum atomic E-state index is 5.73. The molecule has 372 valence electrons. The topological polar surface area (TPSA) is 44.1 Å². The number of para-hydroxylation sites is 6. The second-order valence-corrected chi connectivity index (χ2v) is 20.7. The summed E-state index contributed by atoms with van der Waals surface area (Å²) in [5, 5.41) is 15.6. The molecule has 0 unspecified atom stereocenters. The Morgan fingerprint density at radius 2 is 0.696 bits per heavy atom. The molecule has 0 saturated carbocycles. The Bertz CT molecular complexity index is 5150. The van der Waals surface area contributed by atoms with Crippen LogP contribution in [0, 0.1) is 0 Å². The molecule has 0 saturated heterocycles. The van der Waals surface area contributed by atoms with Crippen LogP contribution in [-0.4, -0.2) is 31.3 Å². The highest BCUT2D eigenvalue weighted by Gasteiger charge is 2.21. The minimum absolute atomic E-state index is 0.625. The number of hydrogen-bond acceptors (Lipinski definition) is 1. The fourth-order valence-electron chi connectivity index (χ4n) is 12.9. The third-order valence-corrected chi connectivity index (χ3v) is 16.5. The van der Waals surface area contributed by atoms with Crippen molar-refractivity contribution in [1.29, 1.82) is 0 Å². The van der Waals surface area contributed by atoms with E-state index in [0.717, 1.165) is 50.4 Å². The standard InChI is InChI=1S/C73H50N6/c1-74-73(79-68-31-17-13-27-59(68)63-45-51(37-41-71(63)79)50-36-40-70-62(44-50)58-26-12-16-30-67(58)78(70)54-21-6-3-7-22-54)75-72-52(33-32-47-18-8-9-23-55(47)72)46-76-64-28-14-10-24-56(64)60-42-48(34-38-65(60)76)49-35-39-69-61(43-49)57-25-11-15-29-66(57)77(69)53-19-4-2-5-20-53/h2-45H,46H2,1H3,(H,74,75). The molecule has 4 aromatic heterocycles. The van der Waals surface area contributed by atoms with Gasteiger partial charge in [0.1, 0.15) is 0 Å². The molecule has 0 aliphatic rings. The van der Waals surface area contributed by atoms with Gasteiger partial charge in [-0.1, -0.05) is 170 Å². The van der Waals surface area contributed by atoms with Crippen LogP contribution in [0.15, 0.2) is 272 Å². The molecular formula is C73H50N6. The average Bonchev–Trinajstić information content (AvgIpc) is 4.25. The minimum Gasteiger partial charge on any atom is -0.358 e. The normalized spacial score (nSPS) is 12.2. The van der Waals surface area contributed by atoms with Crippen molar-refractivity contribution < 1.29 is 0 Å². The molecule has 0 aliphatic heterocycles. The van der Waals surface area contributed by atoms with Gasteiger partial charge in [-0.15, -0.1) is 0 Å². The van der Waals surface area contributed by atoms with Crippen LogP contribution in [0.2, 0.25) is 0 Å². The zero-order valence-corrected chi connectivity index (χ0v) is 43.3. The summed E-state index contributed by atoms with van der Waals surface area (Å²) >= 11 is 0. The largest absolute Gasteiger partial charge is 0.358 e.